The van der Waals surface area contributed by atoms with Crippen molar-refractivity contribution in [3.8, 4) is 0 Å². The van der Waals surface area contributed by atoms with Crippen molar-refractivity contribution in [2.75, 3.05) is 13.6 Å². The average molecular weight is 294 g/mol. The minimum absolute atomic E-state index is 0.00867. The number of nitrogens with zero attached hydrogens (tertiary/aromatic N) is 1. The summed E-state index contributed by atoms with van der Waals surface area (Å²) in [5.41, 5.74) is -0.391. The maximum Gasteiger partial charge on any atom is 0.225 e. The van der Waals surface area contributed by atoms with Crippen LogP contribution in [0.2, 0.25) is 0 Å². The summed E-state index contributed by atoms with van der Waals surface area (Å²) in [6.07, 6.45) is 1.06. The number of rotatable bonds is 6. The van der Waals surface area contributed by atoms with Crippen LogP contribution in [0.3, 0.4) is 0 Å². The van der Waals surface area contributed by atoms with Crippen molar-refractivity contribution in [3.05, 3.63) is 23.7 Å². The number of furan rings is 1. The van der Waals surface area contributed by atoms with Crippen molar-refractivity contribution in [1.29, 1.82) is 0 Å². The van der Waals surface area contributed by atoms with E-state index in [-0.39, 0.29) is 11.8 Å². The Morgan fingerprint density at radius 3 is 2.48 bits per heavy atom. The van der Waals surface area contributed by atoms with Gasteiger partial charge in [0.2, 0.25) is 11.8 Å². The summed E-state index contributed by atoms with van der Waals surface area (Å²) in [4.78, 5) is 25.3. The largest absolute Gasteiger partial charge is 0.464 e. The molecule has 0 aliphatic carbocycles. The Morgan fingerprint density at radius 1 is 1.29 bits per heavy atom. The Morgan fingerprint density at radius 2 is 1.95 bits per heavy atom. The lowest BCUT2D eigenvalue weighted by Crippen LogP contribution is -2.35. The van der Waals surface area contributed by atoms with E-state index in [0.717, 1.165) is 11.5 Å². The summed E-state index contributed by atoms with van der Waals surface area (Å²) in [5, 5.41) is 2.84. The van der Waals surface area contributed by atoms with E-state index in [4.69, 9.17) is 4.42 Å². The number of nitrogens with one attached hydrogen (secondary N) is 1. The van der Waals surface area contributed by atoms with E-state index in [1.165, 1.54) is 0 Å². The molecule has 1 N–H and O–H groups in total. The number of hydrogen-bond acceptors (Lipinski definition) is 3. The normalized spacial score (nSPS) is 11.3. The van der Waals surface area contributed by atoms with Crippen LogP contribution in [0, 0.1) is 12.3 Å². The van der Waals surface area contributed by atoms with Crippen molar-refractivity contribution in [2.24, 2.45) is 5.41 Å². The molecule has 0 unspecified atom stereocenters. The molecule has 0 radical (unpaired) electrons. The molecule has 1 rings (SSSR count). The van der Waals surface area contributed by atoms with Crippen LogP contribution in [0.4, 0.5) is 0 Å². The maximum absolute atomic E-state index is 12.0. The zero-order valence-corrected chi connectivity index (χ0v) is 13.7. The third kappa shape index (κ3) is 6.02. The predicted molar refractivity (Wildman–Crippen MR) is 81.6 cm³/mol. The number of hydrogen-bond donors (Lipinski definition) is 1. The third-order valence-corrected chi connectivity index (χ3v) is 3.15. The molecule has 0 aromatic carbocycles. The lowest BCUT2D eigenvalue weighted by Gasteiger charge is -2.18. The molecule has 1 aromatic heterocycles. The molecule has 21 heavy (non-hydrogen) atoms. The van der Waals surface area contributed by atoms with Gasteiger partial charge in [-0.2, -0.15) is 0 Å². The van der Waals surface area contributed by atoms with Gasteiger partial charge in [-0.3, -0.25) is 9.59 Å². The Bertz CT molecular complexity index is 486. The van der Waals surface area contributed by atoms with Crippen molar-refractivity contribution in [3.63, 3.8) is 0 Å². The van der Waals surface area contributed by atoms with E-state index in [2.05, 4.69) is 5.32 Å². The average Bonchev–Trinajstić information content (AvgIpc) is 2.78. The van der Waals surface area contributed by atoms with Crippen molar-refractivity contribution in [2.45, 2.75) is 47.1 Å². The quantitative estimate of drug-likeness (QED) is 0.820. The molecule has 0 saturated carbocycles. The van der Waals surface area contributed by atoms with Crippen molar-refractivity contribution in [1.82, 2.24) is 10.2 Å². The molecule has 0 bridgehead atoms. The lowest BCUT2D eigenvalue weighted by atomic mass is 9.96. The highest BCUT2D eigenvalue weighted by atomic mass is 16.3. The zero-order valence-electron chi connectivity index (χ0n) is 13.7. The number of carbonyl (C=O) groups excluding carboxylic acids is 2. The molecule has 5 nitrogen and oxygen atoms in total. The second-order valence-electron chi connectivity index (χ2n) is 6.37. The van der Waals surface area contributed by atoms with E-state index < -0.39 is 5.41 Å². The van der Waals surface area contributed by atoms with E-state index >= 15 is 0 Å². The summed E-state index contributed by atoms with van der Waals surface area (Å²) in [7, 11) is 1.76. The Balaban J connectivity index is 2.26. The predicted octanol–water partition coefficient (Wildman–Crippen LogP) is 2.49. The van der Waals surface area contributed by atoms with Crippen molar-refractivity contribution < 1.29 is 14.0 Å². The van der Waals surface area contributed by atoms with Gasteiger partial charge in [0.05, 0.1) is 6.54 Å². The first-order chi connectivity index (χ1) is 9.70. The molecule has 0 spiro atoms. The molecule has 118 valence electrons. The summed E-state index contributed by atoms with van der Waals surface area (Å²) < 4.78 is 5.45. The zero-order chi connectivity index (χ0) is 16.0. The van der Waals surface area contributed by atoms with Crippen LogP contribution < -0.4 is 5.32 Å². The molecular formula is C16H26N2O3. The Kier molecular flexibility index (Phi) is 6.00. The number of aryl methyl sites for hydroxylation is 1. The van der Waals surface area contributed by atoms with Gasteiger partial charge < -0.3 is 14.6 Å². The van der Waals surface area contributed by atoms with Crippen molar-refractivity contribution >= 4 is 11.8 Å². The van der Waals surface area contributed by atoms with Crippen LogP contribution in [0.15, 0.2) is 16.5 Å². The highest BCUT2D eigenvalue weighted by molar-refractivity contribution is 5.81. The van der Waals surface area contributed by atoms with Gasteiger partial charge in [-0.25, -0.2) is 0 Å². The van der Waals surface area contributed by atoms with Gasteiger partial charge in [-0.15, -0.1) is 0 Å². The van der Waals surface area contributed by atoms with Gasteiger partial charge in [0, 0.05) is 25.4 Å². The fourth-order valence-corrected chi connectivity index (χ4v) is 1.79. The van der Waals surface area contributed by atoms with Gasteiger partial charge in [-0.1, -0.05) is 20.8 Å². The second kappa shape index (κ2) is 7.29. The highest BCUT2D eigenvalue weighted by Gasteiger charge is 2.20. The first kappa shape index (κ1) is 17.3. The topological polar surface area (TPSA) is 62.6 Å². The van der Waals surface area contributed by atoms with Gasteiger partial charge in [-0.05, 0) is 25.5 Å². The maximum atomic E-state index is 12.0. The molecule has 0 atom stereocenters. The van der Waals surface area contributed by atoms with Crippen LogP contribution in [0.1, 0.15) is 45.1 Å². The minimum Gasteiger partial charge on any atom is -0.464 e. The van der Waals surface area contributed by atoms with E-state index in [1.54, 1.807) is 11.9 Å². The van der Waals surface area contributed by atoms with Crippen LogP contribution in [-0.4, -0.2) is 30.3 Å². The van der Waals surface area contributed by atoms with Gasteiger partial charge >= 0.3 is 0 Å². The summed E-state index contributed by atoms with van der Waals surface area (Å²) in [5.74, 6) is 1.68. The van der Waals surface area contributed by atoms with Gasteiger partial charge in [0.1, 0.15) is 11.5 Å². The van der Waals surface area contributed by atoms with Crippen LogP contribution in [0.25, 0.3) is 0 Å². The molecule has 0 aliphatic rings. The first-order valence-electron chi connectivity index (χ1n) is 7.27. The SMILES string of the molecule is Cc1ccc(CN(C)C(=O)CCCNC(=O)C(C)(C)C)o1. The fraction of sp³-hybridized carbons (Fsp3) is 0.625. The summed E-state index contributed by atoms with van der Waals surface area (Å²) in [6, 6.07) is 3.76. The van der Waals surface area contributed by atoms with Crippen LogP contribution in [0.5, 0.6) is 0 Å². The molecule has 5 heteroatoms. The first-order valence-corrected chi connectivity index (χ1v) is 7.27. The molecule has 0 fully saturated rings. The Hall–Kier alpha value is -1.78. The van der Waals surface area contributed by atoms with E-state index in [1.807, 2.05) is 39.8 Å². The summed E-state index contributed by atoms with van der Waals surface area (Å²) in [6.45, 7) is 8.48. The van der Waals surface area contributed by atoms with Crippen LogP contribution in [-0.2, 0) is 16.1 Å². The fourth-order valence-electron chi connectivity index (χ4n) is 1.79. The molecule has 2 amide bonds. The van der Waals surface area contributed by atoms with Gasteiger partial charge in [0.15, 0.2) is 0 Å². The van der Waals surface area contributed by atoms with E-state index in [9.17, 15) is 9.59 Å². The standard InChI is InChI=1S/C16H26N2O3/c1-12-8-9-13(21-12)11-18(5)14(19)7-6-10-17-15(20)16(2,3)4/h8-9H,6-7,10-11H2,1-5H3,(H,17,20). The molecule has 1 heterocycles. The number of amides is 2. The van der Waals surface area contributed by atoms with Crippen LogP contribution >= 0.6 is 0 Å². The number of carbonyl (C=O) groups is 2. The lowest BCUT2D eigenvalue weighted by molar-refractivity contribution is -0.131. The monoisotopic (exact) mass is 294 g/mol. The molecule has 1 aromatic rings. The summed E-state index contributed by atoms with van der Waals surface area (Å²) >= 11 is 0. The third-order valence-electron chi connectivity index (χ3n) is 3.15. The smallest absolute Gasteiger partial charge is 0.225 e. The second-order valence-corrected chi connectivity index (χ2v) is 6.37. The molecule has 0 aliphatic heterocycles. The molecular weight excluding hydrogens is 268 g/mol. The van der Waals surface area contributed by atoms with E-state index in [0.29, 0.717) is 25.9 Å². The highest BCUT2D eigenvalue weighted by Crippen LogP contribution is 2.12. The molecule has 0 saturated heterocycles. The Labute approximate surface area is 126 Å². The van der Waals surface area contributed by atoms with Gasteiger partial charge in [0.25, 0.3) is 0 Å². The minimum atomic E-state index is -0.391.